The molecule has 4 rings (SSSR count). The lowest BCUT2D eigenvalue weighted by atomic mass is 9.71. The van der Waals surface area contributed by atoms with Crippen LogP contribution in [0.25, 0.3) is 0 Å². The number of allylic oxidation sites excluding steroid dienone is 4. The summed E-state index contributed by atoms with van der Waals surface area (Å²) < 4.78 is 5.49. The molecule has 0 aromatic heterocycles. The van der Waals surface area contributed by atoms with Crippen LogP contribution < -0.4 is 10.1 Å². The molecule has 0 atom stereocenters. The van der Waals surface area contributed by atoms with Gasteiger partial charge in [0.1, 0.15) is 5.75 Å². The largest absolute Gasteiger partial charge is 0.482 e. The monoisotopic (exact) mass is 401 g/mol. The summed E-state index contributed by atoms with van der Waals surface area (Å²) >= 11 is 6.23. The third kappa shape index (κ3) is 3.33. The van der Waals surface area contributed by atoms with Crippen LogP contribution in [0.3, 0.4) is 0 Å². The van der Waals surface area contributed by atoms with Gasteiger partial charge in [0.2, 0.25) is 0 Å². The van der Waals surface area contributed by atoms with Crippen molar-refractivity contribution in [2.75, 3.05) is 6.61 Å². The van der Waals surface area contributed by atoms with Crippen molar-refractivity contribution < 1.29 is 24.2 Å². The summed E-state index contributed by atoms with van der Waals surface area (Å²) in [5.74, 6) is -1.34. The van der Waals surface area contributed by atoms with E-state index in [0.717, 1.165) is 37.1 Å². The fourth-order valence-corrected chi connectivity index (χ4v) is 4.49. The first-order valence-electron chi connectivity index (χ1n) is 9.39. The number of dihydropyridines is 1. The van der Waals surface area contributed by atoms with Gasteiger partial charge < -0.3 is 15.2 Å². The minimum absolute atomic E-state index is 0.00725. The quantitative estimate of drug-likeness (QED) is 0.802. The van der Waals surface area contributed by atoms with Gasteiger partial charge in [0.15, 0.2) is 18.2 Å². The molecule has 0 saturated carbocycles. The Morgan fingerprint density at radius 1 is 1.07 bits per heavy atom. The topological polar surface area (TPSA) is 92.7 Å². The summed E-state index contributed by atoms with van der Waals surface area (Å²) in [5, 5.41) is 12.8. The standard InChI is InChI=1S/C21H20ClNO5/c22-11-7-8-17(28-10-18(26)27)12(9-11)19-20-13(3-1-5-15(20)24)23-14-4-2-6-16(25)21(14)19/h7-9,19,23H,1-6,10H2,(H,26,27). The molecule has 146 valence electrons. The smallest absolute Gasteiger partial charge is 0.341 e. The first-order chi connectivity index (χ1) is 13.5. The van der Waals surface area contributed by atoms with Crippen molar-refractivity contribution >= 4 is 29.1 Å². The molecule has 0 amide bonds. The number of ketones is 2. The average Bonchev–Trinajstić information content (AvgIpc) is 2.66. The van der Waals surface area contributed by atoms with Crippen LogP contribution in [0.4, 0.5) is 0 Å². The van der Waals surface area contributed by atoms with Gasteiger partial charge >= 0.3 is 5.97 Å². The van der Waals surface area contributed by atoms with E-state index < -0.39 is 18.5 Å². The molecule has 0 saturated heterocycles. The third-order valence-corrected chi connectivity index (χ3v) is 5.66. The van der Waals surface area contributed by atoms with E-state index in [9.17, 15) is 14.4 Å². The molecule has 28 heavy (non-hydrogen) atoms. The molecule has 0 fully saturated rings. The zero-order valence-corrected chi connectivity index (χ0v) is 16.0. The molecule has 1 aromatic carbocycles. The zero-order chi connectivity index (χ0) is 19.8. The molecule has 1 heterocycles. The Labute approximate surface area is 167 Å². The number of carbonyl (C=O) groups excluding carboxylic acids is 2. The minimum Gasteiger partial charge on any atom is -0.482 e. The lowest BCUT2D eigenvalue weighted by Gasteiger charge is -2.37. The number of hydrogen-bond acceptors (Lipinski definition) is 5. The van der Waals surface area contributed by atoms with Gasteiger partial charge in [-0.3, -0.25) is 9.59 Å². The fourth-order valence-electron chi connectivity index (χ4n) is 4.31. The summed E-state index contributed by atoms with van der Waals surface area (Å²) in [6.45, 7) is -0.515. The molecule has 6 nitrogen and oxygen atoms in total. The summed E-state index contributed by atoms with van der Waals surface area (Å²) in [4.78, 5) is 36.7. The Morgan fingerprint density at radius 2 is 1.68 bits per heavy atom. The van der Waals surface area contributed by atoms with E-state index in [1.54, 1.807) is 18.2 Å². The second-order valence-electron chi connectivity index (χ2n) is 7.26. The molecule has 0 bridgehead atoms. The Balaban J connectivity index is 1.90. The Morgan fingerprint density at radius 3 is 2.25 bits per heavy atom. The van der Waals surface area contributed by atoms with E-state index in [0.29, 0.717) is 40.3 Å². The highest BCUT2D eigenvalue weighted by molar-refractivity contribution is 6.30. The van der Waals surface area contributed by atoms with Gasteiger partial charge in [-0.05, 0) is 43.9 Å². The molecule has 0 spiro atoms. The second kappa shape index (κ2) is 7.43. The highest BCUT2D eigenvalue weighted by atomic mass is 35.5. The highest BCUT2D eigenvalue weighted by Crippen LogP contribution is 2.47. The third-order valence-electron chi connectivity index (χ3n) is 5.43. The number of nitrogens with one attached hydrogen (secondary N) is 1. The van der Waals surface area contributed by atoms with Crippen LogP contribution in [0.2, 0.25) is 5.02 Å². The predicted octanol–water partition coefficient (Wildman–Crippen LogP) is 3.50. The number of aliphatic carboxylic acids is 1. The van der Waals surface area contributed by atoms with Crippen molar-refractivity contribution in [3.05, 3.63) is 51.3 Å². The molecule has 0 radical (unpaired) electrons. The van der Waals surface area contributed by atoms with Crippen molar-refractivity contribution in [1.29, 1.82) is 0 Å². The number of halogens is 1. The van der Waals surface area contributed by atoms with Crippen LogP contribution in [0.1, 0.15) is 50.0 Å². The summed E-state index contributed by atoms with van der Waals surface area (Å²) in [6, 6.07) is 4.89. The summed E-state index contributed by atoms with van der Waals surface area (Å²) in [7, 11) is 0. The van der Waals surface area contributed by atoms with Crippen LogP contribution in [0.5, 0.6) is 5.75 Å². The maximum absolute atomic E-state index is 12.9. The minimum atomic E-state index is -1.10. The highest BCUT2D eigenvalue weighted by Gasteiger charge is 2.41. The maximum Gasteiger partial charge on any atom is 0.341 e. The number of carbonyl (C=O) groups is 3. The van der Waals surface area contributed by atoms with Crippen LogP contribution >= 0.6 is 11.6 Å². The lowest BCUT2D eigenvalue weighted by Crippen LogP contribution is -2.36. The van der Waals surface area contributed by atoms with Crippen molar-refractivity contribution in [2.24, 2.45) is 0 Å². The molecule has 7 heteroatoms. The molecule has 2 N–H and O–H groups in total. The normalized spacial score (nSPS) is 19.9. The zero-order valence-electron chi connectivity index (χ0n) is 15.2. The maximum atomic E-state index is 12.9. The van der Waals surface area contributed by atoms with Gasteiger partial charge in [0.05, 0.1) is 0 Å². The first kappa shape index (κ1) is 18.7. The SMILES string of the molecule is O=C(O)COc1ccc(Cl)cc1C1C2=C(CCCC2=O)NC2=C1C(=O)CCC2. The van der Waals surface area contributed by atoms with Gasteiger partial charge in [0.25, 0.3) is 0 Å². The molecule has 3 aliphatic rings. The molecule has 0 unspecified atom stereocenters. The predicted molar refractivity (Wildman–Crippen MR) is 102 cm³/mol. The number of ether oxygens (including phenoxy) is 1. The van der Waals surface area contributed by atoms with Crippen molar-refractivity contribution in [2.45, 2.75) is 44.4 Å². The van der Waals surface area contributed by atoms with Gasteiger partial charge in [-0.15, -0.1) is 0 Å². The van der Waals surface area contributed by atoms with E-state index in [1.165, 1.54) is 0 Å². The van der Waals surface area contributed by atoms with Crippen LogP contribution in [0.15, 0.2) is 40.7 Å². The van der Waals surface area contributed by atoms with Gasteiger partial charge in [-0.25, -0.2) is 4.79 Å². The molecule has 2 aliphatic carbocycles. The Kier molecular flexibility index (Phi) is 4.98. The fraction of sp³-hybridized carbons (Fsp3) is 0.381. The molecule has 1 aromatic rings. The van der Waals surface area contributed by atoms with Crippen LogP contribution in [-0.2, 0) is 14.4 Å². The first-order valence-corrected chi connectivity index (χ1v) is 9.77. The molecular weight excluding hydrogens is 382 g/mol. The van der Waals surface area contributed by atoms with E-state index >= 15 is 0 Å². The van der Waals surface area contributed by atoms with Gasteiger partial charge in [-0.2, -0.15) is 0 Å². The summed E-state index contributed by atoms with van der Waals surface area (Å²) in [6.07, 6.45) is 3.89. The van der Waals surface area contributed by atoms with Crippen LogP contribution in [0, 0.1) is 0 Å². The second-order valence-corrected chi connectivity index (χ2v) is 7.70. The number of hydrogen-bond donors (Lipinski definition) is 2. The summed E-state index contributed by atoms with van der Waals surface area (Å²) in [5.41, 5.74) is 3.46. The van der Waals surface area contributed by atoms with E-state index in [4.69, 9.17) is 21.4 Å². The average molecular weight is 402 g/mol. The Bertz CT molecular complexity index is 904. The number of carboxylic acids is 1. The van der Waals surface area contributed by atoms with E-state index in [1.807, 2.05) is 0 Å². The number of benzene rings is 1. The van der Waals surface area contributed by atoms with Crippen molar-refractivity contribution in [3.8, 4) is 5.75 Å². The van der Waals surface area contributed by atoms with Gasteiger partial charge in [-0.1, -0.05) is 11.6 Å². The lowest BCUT2D eigenvalue weighted by molar-refractivity contribution is -0.139. The van der Waals surface area contributed by atoms with Crippen LogP contribution in [-0.4, -0.2) is 29.2 Å². The van der Waals surface area contributed by atoms with Gasteiger partial charge in [0, 0.05) is 51.9 Å². The molecular formula is C21H20ClNO5. The number of Topliss-reactive ketones (excluding diaryl/α,β-unsaturated/α-hetero) is 2. The molecule has 1 aliphatic heterocycles. The number of carboxylic acid groups (broad SMARTS) is 1. The Hall–Kier alpha value is -2.60. The van der Waals surface area contributed by atoms with E-state index in [-0.39, 0.29) is 11.6 Å². The number of rotatable bonds is 4. The van der Waals surface area contributed by atoms with Crippen molar-refractivity contribution in [1.82, 2.24) is 5.32 Å². The van der Waals surface area contributed by atoms with Crippen molar-refractivity contribution in [3.63, 3.8) is 0 Å². The van der Waals surface area contributed by atoms with E-state index in [2.05, 4.69) is 5.32 Å².